The summed E-state index contributed by atoms with van der Waals surface area (Å²) in [5.41, 5.74) is 3.52. The predicted octanol–water partition coefficient (Wildman–Crippen LogP) is 4.42. The molecule has 1 N–H and O–H groups in total. The van der Waals surface area contributed by atoms with Crippen molar-refractivity contribution in [2.45, 2.75) is 38.8 Å². The van der Waals surface area contributed by atoms with Gasteiger partial charge in [0.2, 0.25) is 0 Å². The van der Waals surface area contributed by atoms with Gasteiger partial charge in [0.05, 0.1) is 0 Å². The normalized spacial score (nSPS) is 17.8. The number of aromatic nitrogens is 1. The van der Waals surface area contributed by atoms with Gasteiger partial charge in [0, 0.05) is 35.0 Å². The molecule has 0 saturated carbocycles. The monoisotopic (exact) mass is 350 g/mol. The highest BCUT2D eigenvalue weighted by molar-refractivity contribution is 9.10. The molecule has 112 valence electrons. The highest BCUT2D eigenvalue weighted by atomic mass is 79.9. The van der Waals surface area contributed by atoms with E-state index < -0.39 is 0 Å². The Morgan fingerprint density at radius 1 is 1.38 bits per heavy atom. The fourth-order valence-corrected chi connectivity index (χ4v) is 3.48. The molecule has 0 spiro atoms. The Morgan fingerprint density at radius 2 is 2.24 bits per heavy atom. The zero-order chi connectivity index (χ0) is 14.8. The Labute approximate surface area is 133 Å². The number of benzene rings is 1. The molecule has 0 radical (unpaired) electrons. The van der Waals surface area contributed by atoms with Crippen LogP contribution in [0.2, 0.25) is 0 Å². The smallest absolute Gasteiger partial charge is 0.129 e. The minimum Gasteiger partial charge on any atom is -0.349 e. The van der Waals surface area contributed by atoms with Crippen molar-refractivity contribution in [1.82, 2.24) is 9.88 Å². The molecule has 3 rings (SSSR count). The first-order valence-corrected chi connectivity index (χ1v) is 8.32. The van der Waals surface area contributed by atoms with Crippen LogP contribution < -0.4 is 5.32 Å². The Balaban J connectivity index is 1.84. The van der Waals surface area contributed by atoms with Crippen molar-refractivity contribution in [2.24, 2.45) is 0 Å². The molecule has 1 aliphatic carbocycles. The van der Waals surface area contributed by atoms with E-state index >= 15 is 0 Å². The number of hydrogen-bond donors (Lipinski definition) is 1. The summed E-state index contributed by atoms with van der Waals surface area (Å²) < 4.78 is 16.9. The van der Waals surface area contributed by atoms with E-state index in [1.807, 2.05) is 12.1 Å². The lowest BCUT2D eigenvalue weighted by Gasteiger charge is -2.22. The highest BCUT2D eigenvalue weighted by Crippen LogP contribution is 2.30. The van der Waals surface area contributed by atoms with Crippen LogP contribution in [0.25, 0.3) is 0 Å². The molecule has 2 nitrogen and oxygen atoms in total. The lowest BCUT2D eigenvalue weighted by molar-refractivity contribution is 0.473. The topological polar surface area (TPSA) is 17.0 Å². The molecule has 1 aromatic heterocycles. The van der Waals surface area contributed by atoms with E-state index in [0.29, 0.717) is 12.6 Å². The van der Waals surface area contributed by atoms with Crippen LogP contribution in [0.4, 0.5) is 4.39 Å². The van der Waals surface area contributed by atoms with Gasteiger partial charge in [-0.25, -0.2) is 4.39 Å². The van der Waals surface area contributed by atoms with Gasteiger partial charge in [-0.1, -0.05) is 28.9 Å². The molecule has 0 fully saturated rings. The highest BCUT2D eigenvalue weighted by Gasteiger charge is 2.21. The lowest BCUT2D eigenvalue weighted by Crippen LogP contribution is -2.23. The van der Waals surface area contributed by atoms with Crippen LogP contribution in [-0.2, 0) is 13.0 Å². The largest absolute Gasteiger partial charge is 0.349 e. The van der Waals surface area contributed by atoms with Crippen LogP contribution in [-0.4, -0.2) is 11.1 Å². The van der Waals surface area contributed by atoms with E-state index in [4.69, 9.17) is 0 Å². The second-order valence-electron chi connectivity index (χ2n) is 5.65. The summed E-state index contributed by atoms with van der Waals surface area (Å²) in [7, 11) is 0. The zero-order valence-corrected chi connectivity index (χ0v) is 13.8. The van der Waals surface area contributed by atoms with Crippen molar-refractivity contribution in [2.75, 3.05) is 6.54 Å². The molecule has 1 aliphatic rings. The SMILES string of the molecule is CCNC1CCCc2cn(Cc3ccc(Br)cc3F)cc21. The van der Waals surface area contributed by atoms with E-state index in [9.17, 15) is 4.39 Å². The van der Waals surface area contributed by atoms with Gasteiger partial charge in [-0.15, -0.1) is 0 Å². The molecule has 4 heteroatoms. The van der Waals surface area contributed by atoms with E-state index in [2.05, 4.69) is 45.1 Å². The van der Waals surface area contributed by atoms with Crippen molar-refractivity contribution >= 4 is 15.9 Å². The summed E-state index contributed by atoms with van der Waals surface area (Å²) >= 11 is 3.30. The molecule has 1 atom stereocenters. The first-order valence-electron chi connectivity index (χ1n) is 7.53. The molecule has 0 bridgehead atoms. The summed E-state index contributed by atoms with van der Waals surface area (Å²) in [5, 5.41) is 3.54. The summed E-state index contributed by atoms with van der Waals surface area (Å²) in [4.78, 5) is 0. The second-order valence-corrected chi connectivity index (χ2v) is 6.57. The lowest BCUT2D eigenvalue weighted by atomic mass is 9.91. The van der Waals surface area contributed by atoms with Crippen molar-refractivity contribution in [1.29, 1.82) is 0 Å². The minimum atomic E-state index is -0.153. The van der Waals surface area contributed by atoms with Gasteiger partial charge in [-0.3, -0.25) is 0 Å². The molecule has 2 aromatic rings. The van der Waals surface area contributed by atoms with Gasteiger partial charge in [0.1, 0.15) is 5.82 Å². The summed E-state index contributed by atoms with van der Waals surface area (Å²) in [5.74, 6) is -0.153. The number of aryl methyl sites for hydroxylation is 1. The van der Waals surface area contributed by atoms with Crippen LogP contribution >= 0.6 is 15.9 Å². The van der Waals surface area contributed by atoms with E-state index in [1.165, 1.54) is 30.0 Å². The maximum absolute atomic E-state index is 14.0. The summed E-state index contributed by atoms with van der Waals surface area (Å²) in [6, 6.07) is 5.72. The third-order valence-electron chi connectivity index (χ3n) is 4.13. The quantitative estimate of drug-likeness (QED) is 0.863. The van der Waals surface area contributed by atoms with E-state index in [-0.39, 0.29) is 5.82 Å². The van der Waals surface area contributed by atoms with Crippen molar-refractivity contribution < 1.29 is 4.39 Å². The maximum atomic E-state index is 14.0. The van der Waals surface area contributed by atoms with Crippen LogP contribution in [0, 0.1) is 5.82 Å². The standard InChI is InChI=1S/C17H20BrFN2/c1-2-20-17-5-3-4-12-9-21(11-15(12)17)10-13-6-7-14(18)8-16(13)19/h6-9,11,17,20H,2-5,10H2,1H3. The number of nitrogens with zero attached hydrogens (tertiary/aromatic N) is 1. The Hall–Kier alpha value is -1.13. The number of rotatable bonds is 4. The number of halogens is 2. The van der Waals surface area contributed by atoms with Gasteiger partial charge in [0.15, 0.2) is 0 Å². The van der Waals surface area contributed by atoms with Crippen molar-refractivity contribution in [3.8, 4) is 0 Å². The predicted molar refractivity (Wildman–Crippen MR) is 87.0 cm³/mol. The Morgan fingerprint density at radius 3 is 3.00 bits per heavy atom. The van der Waals surface area contributed by atoms with Crippen LogP contribution in [0.1, 0.15) is 42.5 Å². The van der Waals surface area contributed by atoms with Crippen LogP contribution in [0.3, 0.4) is 0 Å². The second kappa shape index (κ2) is 6.32. The van der Waals surface area contributed by atoms with Crippen LogP contribution in [0.15, 0.2) is 35.1 Å². The Bertz CT molecular complexity index is 636. The van der Waals surface area contributed by atoms with Crippen LogP contribution in [0.5, 0.6) is 0 Å². The van der Waals surface area contributed by atoms with Gasteiger partial charge >= 0.3 is 0 Å². The number of hydrogen-bond acceptors (Lipinski definition) is 1. The maximum Gasteiger partial charge on any atom is 0.129 e. The molecule has 1 unspecified atom stereocenters. The average Bonchev–Trinajstić information content (AvgIpc) is 2.86. The molecular weight excluding hydrogens is 331 g/mol. The molecule has 1 aromatic carbocycles. The van der Waals surface area contributed by atoms with Crippen molar-refractivity contribution in [3.05, 3.63) is 57.6 Å². The zero-order valence-electron chi connectivity index (χ0n) is 12.2. The molecule has 21 heavy (non-hydrogen) atoms. The van der Waals surface area contributed by atoms with Crippen molar-refractivity contribution in [3.63, 3.8) is 0 Å². The first kappa shape index (κ1) is 14.8. The third kappa shape index (κ3) is 3.22. The average molecular weight is 351 g/mol. The minimum absolute atomic E-state index is 0.153. The van der Waals surface area contributed by atoms with Gasteiger partial charge in [-0.2, -0.15) is 0 Å². The first-order chi connectivity index (χ1) is 10.2. The van der Waals surface area contributed by atoms with E-state index in [0.717, 1.165) is 23.0 Å². The number of nitrogens with one attached hydrogen (secondary N) is 1. The summed E-state index contributed by atoms with van der Waals surface area (Å²) in [6.45, 7) is 3.71. The molecule has 0 aliphatic heterocycles. The molecule has 1 heterocycles. The van der Waals surface area contributed by atoms with Gasteiger partial charge in [0.25, 0.3) is 0 Å². The molecular formula is C17H20BrFN2. The summed E-state index contributed by atoms with van der Waals surface area (Å²) in [6.07, 6.45) is 7.91. The fourth-order valence-electron chi connectivity index (χ4n) is 3.14. The van der Waals surface area contributed by atoms with Gasteiger partial charge in [-0.05, 0) is 49.1 Å². The molecule has 0 saturated heterocycles. The fraction of sp³-hybridized carbons (Fsp3) is 0.412. The van der Waals surface area contributed by atoms with E-state index in [1.54, 1.807) is 0 Å². The number of fused-ring (bicyclic) bond motifs is 1. The van der Waals surface area contributed by atoms with Gasteiger partial charge < -0.3 is 9.88 Å². The Kier molecular flexibility index (Phi) is 4.45. The third-order valence-corrected chi connectivity index (χ3v) is 4.62. The molecule has 0 amide bonds.